The number of nitrogens with zero attached hydrogens (tertiary/aromatic N) is 1. The number of ether oxygens (including phenoxy) is 1. The van der Waals surface area contributed by atoms with Crippen LogP contribution < -0.4 is 4.74 Å². The Bertz CT molecular complexity index is 491. The molecular formula is C9H9NO3S. The molecular weight excluding hydrogens is 202 g/mol. The molecule has 1 heterocycles. The quantitative estimate of drug-likeness (QED) is 0.701. The lowest BCUT2D eigenvalue weighted by molar-refractivity contribution is 0.376. The number of fused-ring (bicyclic) bond motifs is 1. The molecule has 0 atom stereocenters. The van der Waals surface area contributed by atoms with Crippen molar-refractivity contribution in [3.05, 3.63) is 18.2 Å². The zero-order valence-electron chi connectivity index (χ0n) is 7.60. The molecule has 0 saturated carbocycles. The number of benzene rings is 1. The summed E-state index contributed by atoms with van der Waals surface area (Å²) in [4.78, 5) is 4.32. The summed E-state index contributed by atoms with van der Waals surface area (Å²) in [5.41, 5.74) is 0.569. The van der Waals surface area contributed by atoms with Crippen molar-refractivity contribution < 1.29 is 13.2 Å². The van der Waals surface area contributed by atoms with E-state index in [1.807, 2.05) is 0 Å². The summed E-state index contributed by atoms with van der Waals surface area (Å²) in [5, 5.41) is 0. The molecule has 1 aromatic carbocycles. The molecule has 0 radical (unpaired) electrons. The molecule has 0 bridgehead atoms. The van der Waals surface area contributed by atoms with Gasteiger partial charge in [0.2, 0.25) is 0 Å². The van der Waals surface area contributed by atoms with Gasteiger partial charge in [0.15, 0.2) is 9.84 Å². The van der Waals surface area contributed by atoms with E-state index in [1.165, 1.54) is 18.4 Å². The van der Waals surface area contributed by atoms with E-state index in [9.17, 15) is 8.42 Å². The smallest absolute Gasteiger partial charge is 0.175 e. The molecule has 0 N–H and O–H groups in total. The average Bonchev–Trinajstić information content (AvgIpc) is 2.16. The first-order chi connectivity index (χ1) is 6.57. The number of sulfone groups is 1. The molecule has 0 aliphatic carbocycles. The summed E-state index contributed by atoms with van der Waals surface area (Å²) in [6.45, 7) is 0.436. The fourth-order valence-corrected chi connectivity index (χ4v) is 1.85. The van der Waals surface area contributed by atoms with E-state index in [0.29, 0.717) is 18.0 Å². The lowest BCUT2D eigenvalue weighted by Gasteiger charge is -2.11. The Morgan fingerprint density at radius 1 is 1.43 bits per heavy atom. The van der Waals surface area contributed by atoms with Gasteiger partial charge in [0.25, 0.3) is 0 Å². The molecule has 0 saturated heterocycles. The van der Waals surface area contributed by atoms with Crippen LogP contribution in [0.1, 0.15) is 0 Å². The zero-order valence-corrected chi connectivity index (χ0v) is 8.41. The Balaban J connectivity index is 2.56. The third-order valence-electron chi connectivity index (χ3n) is 1.90. The van der Waals surface area contributed by atoms with E-state index in [0.717, 1.165) is 0 Å². The van der Waals surface area contributed by atoms with E-state index in [4.69, 9.17) is 4.74 Å². The van der Waals surface area contributed by atoms with Crippen LogP contribution in [-0.2, 0) is 9.84 Å². The summed E-state index contributed by atoms with van der Waals surface area (Å²) in [7, 11) is -3.17. The van der Waals surface area contributed by atoms with Gasteiger partial charge in [-0.1, -0.05) is 0 Å². The van der Waals surface area contributed by atoms with E-state index >= 15 is 0 Å². The first-order valence-corrected chi connectivity index (χ1v) is 5.96. The van der Waals surface area contributed by atoms with Crippen molar-refractivity contribution in [2.75, 3.05) is 12.9 Å². The van der Waals surface area contributed by atoms with Gasteiger partial charge in [-0.3, -0.25) is 4.99 Å². The maximum absolute atomic E-state index is 11.2. The number of hydrogen-bond acceptors (Lipinski definition) is 4. The largest absolute Gasteiger partial charge is 0.486 e. The van der Waals surface area contributed by atoms with E-state index in [2.05, 4.69) is 4.99 Å². The van der Waals surface area contributed by atoms with Crippen molar-refractivity contribution in [1.29, 1.82) is 0 Å². The highest BCUT2D eigenvalue weighted by molar-refractivity contribution is 7.90. The van der Waals surface area contributed by atoms with E-state index < -0.39 is 9.84 Å². The molecule has 5 heteroatoms. The number of hydrogen-bond donors (Lipinski definition) is 0. The van der Waals surface area contributed by atoms with Crippen molar-refractivity contribution >= 4 is 21.7 Å². The maximum atomic E-state index is 11.2. The minimum Gasteiger partial charge on any atom is -0.486 e. The predicted molar refractivity (Wildman–Crippen MR) is 53.2 cm³/mol. The van der Waals surface area contributed by atoms with Crippen LogP contribution in [0.25, 0.3) is 0 Å². The molecule has 0 unspecified atom stereocenters. The molecule has 0 fully saturated rings. The second-order valence-corrected chi connectivity index (χ2v) is 5.04. The standard InChI is InChI=1S/C9H9NO3S/c1-14(11,12)7-2-3-9-8(6-7)10-4-5-13-9/h2-4,6H,5H2,1H3. The van der Waals surface area contributed by atoms with Crippen molar-refractivity contribution in [1.82, 2.24) is 0 Å². The highest BCUT2D eigenvalue weighted by Crippen LogP contribution is 2.31. The van der Waals surface area contributed by atoms with E-state index in [-0.39, 0.29) is 4.90 Å². The van der Waals surface area contributed by atoms with Crippen LogP contribution in [0.15, 0.2) is 28.1 Å². The van der Waals surface area contributed by atoms with Crippen LogP contribution in [-0.4, -0.2) is 27.5 Å². The molecule has 0 spiro atoms. The SMILES string of the molecule is CS(=O)(=O)c1ccc2c(c1)N=CCO2. The van der Waals surface area contributed by atoms with Gasteiger partial charge in [-0.15, -0.1) is 0 Å². The first-order valence-electron chi connectivity index (χ1n) is 4.07. The van der Waals surface area contributed by atoms with Gasteiger partial charge in [0, 0.05) is 12.5 Å². The lowest BCUT2D eigenvalue weighted by atomic mass is 10.3. The summed E-state index contributed by atoms with van der Waals surface area (Å²) in [5.74, 6) is 0.625. The maximum Gasteiger partial charge on any atom is 0.175 e. The Kier molecular flexibility index (Phi) is 2.03. The van der Waals surface area contributed by atoms with Crippen molar-refractivity contribution in [3.8, 4) is 5.75 Å². The Labute approximate surface area is 82.2 Å². The monoisotopic (exact) mass is 211 g/mol. The normalized spacial score (nSPS) is 14.6. The minimum atomic E-state index is -3.17. The second kappa shape index (κ2) is 3.09. The summed E-state index contributed by atoms with van der Waals surface area (Å²) >= 11 is 0. The van der Waals surface area contributed by atoms with Gasteiger partial charge in [-0.2, -0.15) is 0 Å². The zero-order chi connectivity index (χ0) is 10.2. The highest BCUT2D eigenvalue weighted by Gasteiger charge is 2.12. The predicted octanol–water partition coefficient (Wildman–Crippen LogP) is 1.18. The Hall–Kier alpha value is -1.36. The molecule has 1 aliphatic heterocycles. The Morgan fingerprint density at radius 3 is 2.93 bits per heavy atom. The molecule has 74 valence electrons. The van der Waals surface area contributed by atoms with Crippen LogP contribution in [0.3, 0.4) is 0 Å². The third-order valence-corrected chi connectivity index (χ3v) is 3.01. The summed E-state index contributed by atoms with van der Waals surface area (Å²) in [6, 6.07) is 4.66. The fourth-order valence-electron chi connectivity index (χ4n) is 1.21. The van der Waals surface area contributed by atoms with Crippen LogP contribution in [0.4, 0.5) is 5.69 Å². The number of aliphatic imine (C=N–C) groups is 1. The summed E-state index contributed by atoms with van der Waals surface area (Å²) < 4.78 is 27.7. The van der Waals surface area contributed by atoms with Gasteiger partial charge in [-0.25, -0.2) is 8.42 Å². The molecule has 1 aromatic rings. The van der Waals surface area contributed by atoms with Crippen LogP contribution in [0, 0.1) is 0 Å². The Morgan fingerprint density at radius 2 is 2.21 bits per heavy atom. The first kappa shape index (κ1) is 9.21. The fraction of sp³-hybridized carbons (Fsp3) is 0.222. The minimum absolute atomic E-state index is 0.263. The molecule has 0 amide bonds. The molecule has 2 rings (SSSR count). The topological polar surface area (TPSA) is 55.7 Å². The molecule has 14 heavy (non-hydrogen) atoms. The van der Waals surface area contributed by atoms with Gasteiger partial charge in [0.05, 0.1) is 4.90 Å². The third kappa shape index (κ3) is 1.63. The second-order valence-electron chi connectivity index (χ2n) is 3.02. The van der Waals surface area contributed by atoms with Crippen LogP contribution in [0.2, 0.25) is 0 Å². The number of rotatable bonds is 1. The van der Waals surface area contributed by atoms with Gasteiger partial charge >= 0.3 is 0 Å². The van der Waals surface area contributed by atoms with Crippen molar-refractivity contribution in [2.45, 2.75) is 4.90 Å². The lowest BCUT2D eigenvalue weighted by Crippen LogP contribution is -2.04. The van der Waals surface area contributed by atoms with Crippen molar-refractivity contribution in [3.63, 3.8) is 0 Å². The average molecular weight is 211 g/mol. The summed E-state index contributed by atoms with van der Waals surface area (Å²) in [6.07, 6.45) is 2.77. The van der Waals surface area contributed by atoms with Gasteiger partial charge < -0.3 is 4.74 Å². The molecule has 0 aromatic heterocycles. The van der Waals surface area contributed by atoms with E-state index in [1.54, 1.807) is 12.3 Å². The van der Waals surface area contributed by atoms with Crippen LogP contribution in [0.5, 0.6) is 5.75 Å². The van der Waals surface area contributed by atoms with Gasteiger partial charge in [0.1, 0.15) is 18.0 Å². The van der Waals surface area contributed by atoms with Crippen molar-refractivity contribution in [2.24, 2.45) is 4.99 Å². The van der Waals surface area contributed by atoms with Crippen LogP contribution >= 0.6 is 0 Å². The molecule has 1 aliphatic rings. The van der Waals surface area contributed by atoms with Gasteiger partial charge in [-0.05, 0) is 18.2 Å². The highest BCUT2D eigenvalue weighted by atomic mass is 32.2. The molecule has 4 nitrogen and oxygen atoms in total.